The van der Waals surface area contributed by atoms with Crippen LogP contribution in [0.25, 0.3) is 0 Å². The van der Waals surface area contributed by atoms with Crippen LogP contribution >= 0.6 is 0 Å². The third kappa shape index (κ3) is 1.09. The Labute approximate surface area is 67.6 Å². The average molecular weight is 153 g/mol. The molecule has 0 spiro atoms. The van der Waals surface area contributed by atoms with Gasteiger partial charge in [0, 0.05) is 12.5 Å². The molecule has 0 radical (unpaired) electrons. The number of hydrogen-bond acceptors (Lipinski definition) is 2. The minimum atomic E-state index is 0.280. The van der Waals surface area contributed by atoms with Crippen molar-refractivity contribution in [3.8, 4) is 0 Å². The van der Waals surface area contributed by atoms with Crippen molar-refractivity contribution in [2.75, 3.05) is 7.05 Å². The van der Waals surface area contributed by atoms with Crippen molar-refractivity contribution >= 4 is 5.78 Å². The minimum Gasteiger partial charge on any atom is -0.298 e. The Balaban J connectivity index is 2.15. The first-order valence-electron chi connectivity index (χ1n) is 4.53. The summed E-state index contributed by atoms with van der Waals surface area (Å²) in [5.74, 6) is 0.475. The van der Waals surface area contributed by atoms with Gasteiger partial charge in [-0.2, -0.15) is 0 Å². The molecule has 2 fully saturated rings. The Kier molecular flexibility index (Phi) is 1.72. The SMILES string of the molecule is CN1C2CCCC1C(=O)CC2. The van der Waals surface area contributed by atoms with E-state index in [9.17, 15) is 4.79 Å². The lowest BCUT2D eigenvalue weighted by Crippen LogP contribution is -2.51. The number of rotatable bonds is 0. The summed E-state index contributed by atoms with van der Waals surface area (Å²) < 4.78 is 0. The van der Waals surface area contributed by atoms with Crippen LogP contribution < -0.4 is 0 Å². The van der Waals surface area contributed by atoms with Crippen molar-refractivity contribution in [1.29, 1.82) is 0 Å². The molecule has 0 aromatic rings. The summed E-state index contributed by atoms with van der Waals surface area (Å²) >= 11 is 0. The molecule has 2 rings (SSSR count). The third-order valence-electron chi connectivity index (χ3n) is 3.18. The summed E-state index contributed by atoms with van der Waals surface area (Å²) in [7, 11) is 2.10. The number of hydrogen-bond donors (Lipinski definition) is 0. The van der Waals surface area contributed by atoms with E-state index in [1.54, 1.807) is 0 Å². The Bertz CT molecular complexity index is 178. The fourth-order valence-electron chi connectivity index (χ4n) is 2.42. The maximum Gasteiger partial charge on any atom is 0.150 e. The smallest absolute Gasteiger partial charge is 0.150 e. The van der Waals surface area contributed by atoms with Gasteiger partial charge in [-0.05, 0) is 32.7 Å². The zero-order chi connectivity index (χ0) is 7.84. The van der Waals surface area contributed by atoms with Crippen LogP contribution in [0.2, 0.25) is 0 Å². The first-order chi connectivity index (χ1) is 5.29. The van der Waals surface area contributed by atoms with E-state index in [4.69, 9.17) is 0 Å². The number of fused-ring (bicyclic) bond motifs is 2. The first-order valence-corrected chi connectivity index (χ1v) is 4.53. The second-order valence-electron chi connectivity index (χ2n) is 3.77. The predicted molar refractivity (Wildman–Crippen MR) is 43.4 cm³/mol. The highest BCUT2D eigenvalue weighted by Gasteiger charge is 2.35. The van der Waals surface area contributed by atoms with Gasteiger partial charge < -0.3 is 0 Å². The van der Waals surface area contributed by atoms with Crippen molar-refractivity contribution in [2.45, 2.75) is 44.2 Å². The van der Waals surface area contributed by atoms with Crippen LogP contribution in [0, 0.1) is 0 Å². The molecule has 2 bridgehead atoms. The average Bonchev–Trinajstić information content (AvgIpc) is 1.98. The van der Waals surface area contributed by atoms with Crippen LogP contribution in [-0.4, -0.2) is 29.8 Å². The van der Waals surface area contributed by atoms with Crippen LogP contribution in [0.4, 0.5) is 0 Å². The molecule has 11 heavy (non-hydrogen) atoms. The van der Waals surface area contributed by atoms with Crippen LogP contribution in [0.1, 0.15) is 32.1 Å². The number of ketones is 1. The second kappa shape index (κ2) is 2.59. The highest BCUT2D eigenvalue weighted by Crippen LogP contribution is 2.29. The number of Topliss-reactive ketones (excluding diaryl/α,β-unsaturated/α-hetero) is 1. The first kappa shape index (κ1) is 7.29. The van der Waals surface area contributed by atoms with Gasteiger partial charge in [0.05, 0.1) is 6.04 Å². The van der Waals surface area contributed by atoms with Gasteiger partial charge in [0.25, 0.3) is 0 Å². The summed E-state index contributed by atoms with van der Waals surface area (Å²) in [6.07, 6.45) is 5.60. The van der Waals surface area contributed by atoms with E-state index in [2.05, 4.69) is 11.9 Å². The minimum absolute atomic E-state index is 0.280. The molecule has 2 unspecified atom stereocenters. The van der Waals surface area contributed by atoms with Gasteiger partial charge in [0.2, 0.25) is 0 Å². The van der Waals surface area contributed by atoms with Gasteiger partial charge in [-0.15, -0.1) is 0 Å². The van der Waals surface area contributed by atoms with E-state index in [1.807, 2.05) is 0 Å². The lowest BCUT2D eigenvalue weighted by Gasteiger charge is -2.42. The van der Waals surface area contributed by atoms with Crippen LogP contribution in [0.3, 0.4) is 0 Å². The van der Waals surface area contributed by atoms with Crippen molar-refractivity contribution in [3.05, 3.63) is 0 Å². The molecule has 2 atom stereocenters. The highest BCUT2D eigenvalue weighted by atomic mass is 16.1. The van der Waals surface area contributed by atoms with E-state index >= 15 is 0 Å². The van der Waals surface area contributed by atoms with Crippen LogP contribution in [0.15, 0.2) is 0 Å². The van der Waals surface area contributed by atoms with Crippen molar-refractivity contribution < 1.29 is 4.79 Å². The van der Waals surface area contributed by atoms with Gasteiger partial charge >= 0.3 is 0 Å². The molecule has 0 amide bonds. The lowest BCUT2D eigenvalue weighted by molar-refractivity contribution is -0.130. The molecule has 2 aliphatic heterocycles. The second-order valence-corrected chi connectivity index (χ2v) is 3.77. The third-order valence-corrected chi connectivity index (χ3v) is 3.18. The fourth-order valence-corrected chi connectivity index (χ4v) is 2.42. The van der Waals surface area contributed by atoms with Gasteiger partial charge in [0.1, 0.15) is 5.78 Å². The molecule has 2 nitrogen and oxygen atoms in total. The summed E-state index contributed by atoms with van der Waals surface area (Å²) in [5.41, 5.74) is 0. The van der Waals surface area contributed by atoms with E-state index in [-0.39, 0.29) is 6.04 Å². The Morgan fingerprint density at radius 2 is 2.18 bits per heavy atom. The van der Waals surface area contributed by atoms with Crippen LogP contribution in [0.5, 0.6) is 0 Å². The molecule has 0 aliphatic carbocycles. The van der Waals surface area contributed by atoms with Crippen molar-refractivity contribution in [3.63, 3.8) is 0 Å². The zero-order valence-electron chi connectivity index (χ0n) is 7.05. The number of nitrogens with zero attached hydrogens (tertiary/aromatic N) is 1. The van der Waals surface area contributed by atoms with E-state index in [1.165, 1.54) is 12.8 Å². The van der Waals surface area contributed by atoms with Crippen molar-refractivity contribution in [1.82, 2.24) is 4.90 Å². The normalized spacial score (nSPS) is 39.2. The highest BCUT2D eigenvalue weighted by molar-refractivity contribution is 5.84. The van der Waals surface area contributed by atoms with E-state index < -0.39 is 0 Å². The maximum atomic E-state index is 11.4. The maximum absolute atomic E-state index is 11.4. The summed E-state index contributed by atoms with van der Waals surface area (Å²) in [6, 6.07) is 0.994. The molecule has 0 aromatic heterocycles. The summed E-state index contributed by atoms with van der Waals surface area (Å²) in [5, 5.41) is 0. The van der Waals surface area contributed by atoms with Gasteiger partial charge in [0.15, 0.2) is 0 Å². The summed E-state index contributed by atoms with van der Waals surface area (Å²) in [6.45, 7) is 0. The molecular formula is C9H15NO. The number of piperidine rings is 2. The molecule has 62 valence electrons. The molecule has 0 saturated carbocycles. The topological polar surface area (TPSA) is 20.3 Å². The van der Waals surface area contributed by atoms with Crippen molar-refractivity contribution in [2.24, 2.45) is 0 Å². The standard InChI is InChI=1S/C9H15NO/c1-10-7-3-2-4-8(10)9(11)6-5-7/h7-8H,2-6H2,1H3. The molecule has 2 heteroatoms. The molecule has 0 N–H and O–H groups in total. The molecule has 0 aromatic carbocycles. The Morgan fingerprint density at radius 1 is 1.36 bits per heavy atom. The predicted octanol–water partition coefficient (Wildman–Crippen LogP) is 1.20. The largest absolute Gasteiger partial charge is 0.298 e. The molecule has 2 heterocycles. The Morgan fingerprint density at radius 3 is 2.91 bits per heavy atom. The van der Waals surface area contributed by atoms with Gasteiger partial charge in [-0.3, -0.25) is 9.69 Å². The molecular weight excluding hydrogens is 138 g/mol. The molecule has 2 saturated heterocycles. The number of carbonyl (C=O) groups excluding carboxylic acids is 1. The lowest BCUT2D eigenvalue weighted by atomic mass is 9.84. The van der Waals surface area contributed by atoms with Gasteiger partial charge in [-0.25, -0.2) is 0 Å². The number of likely N-dealkylation sites (N-methyl/N-ethyl adjacent to an activating group) is 1. The van der Waals surface area contributed by atoms with Crippen LogP contribution in [-0.2, 0) is 4.79 Å². The van der Waals surface area contributed by atoms with E-state index in [0.29, 0.717) is 11.8 Å². The summed E-state index contributed by atoms with van der Waals surface area (Å²) in [4.78, 5) is 13.7. The van der Waals surface area contributed by atoms with E-state index in [0.717, 1.165) is 19.3 Å². The molecule has 2 aliphatic rings. The Hall–Kier alpha value is -0.370. The van der Waals surface area contributed by atoms with Gasteiger partial charge in [-0.1, -0.05) is 0 Å². The monoisotopic (exact) mass is 153 g/mol. The fraction of sp³-hybridized carbons (Fsp3) is 0.889. The number of carbonyl (C=O) groups is 1. The zero-order valence-corrected chi connectivity index (χ0v) is 7.05. The quantitative estimate of drug-likeness (QED) is 0.521.